The predicted molar refractivity (Wildman–Crippen MR) is 103 cm³/mol. The van der Waals surface area contributed by atoms with Crippen molar-refractivity contribution in [2.75, 3.05) is 5.32 Å². The summed E-state index contributed by atoms with van der Waals surface area (Å²) in [5.41, 5.74) is 0.902. The zero-order valence-corrected chi connectivity index (χ0v) is 15.3. The van der Waals surface area contributed by atoms with E-state index in [4.69, 9.17) is 9.15 Å². The highest BCUT2D eigenvalue weighted by Gasteiger charge is 2.25. The van der Waals surface area contributed by atoms with Gasteiger partial charge in [-0.2, -0.15) is 0 Å². The number of esters is 1. The lowest BCUT2D eigenvalue weighted by Crippen LogP contribution is -2.27. The number of rotatable bonds is 7. The summed E-state index contributed by atoms with van der Waals surface area (Å²) in [5.74, 6) is -1.33. The molecule has 0 spiro atoms. The Hall–Kier alpha value is -3.67. The van der Waals surface area contributed by atoms with Gasteiger partial charge in [0, 0.05) is 5.56 Å². The molecule has 1 N–H and O–H groups in total. The van der Waals surface area contributed by atoms with Gasteiger partial charge in [0.05, 0.1) is 17.5 Å². The van der Waals surface area contributed by atoms with Crippen molar-refractivity contribution in [2.45, 2.75) is 19.4 Å². The van der Waals surface area contributed by atoms with Crippen LogP contribution in [0.15, 0.2) is 77.4 Å². The molecule has 1 atom stereocenters. The highest BCUT2D eigenvalue weighted by Crippen LogP contribution is 2.20. The van der Waals surface area contributed by atoms with Crippen molar-refractivity contribution in [2.24, 2.45) is 0 Å². The quantitative estimate of drug-likeness (QED) is 0.489. The number of carbonyl (C=O) groups excluding carboxylic acids is 3. The predicted octanol–water partition coefficient (Wildman–Crippen LogP) is 4.35. The van der Waals surface area contributed by atoms with Crippen molar-refractivity contribution >= 4 is 23.3 Å². The number of furan rings is 1. The van der Waals surface area contributed by atoms with Crippen LogP contribution < -0.4 is 5.32 Å². The van der Waals surface area contributed by atoms with Crippen LogP contribution in [-0.2, 0) is 4.74 Å². The molecule has 0 bridgehead atoms. The van der Waals surface area contributed by atoms with Crippen LogP contribution >= 0.6 is 0 Å². The summed E-state index contributed by atoms with van der Waals surface area (Å²) in [6.45, 7) is 1.77. The van der Waals surface area contributed by atoms with E-state index in [-0.39, 0.29) is 22.8 Å². The summed E-state index contributed by atoms with van der Waals surface area (Å²) in [4.78, 5) is 37.5. The van der Waals surface area contributed by atoms with Gasteiger partial charge in [-0.3, -0.25) is 9.59 Å². The van der Waals surface area contributed by atoms with E-state index in [0.717, 1.165) is 0 Å². The van der Waals surface area contributed by atoms with Crippen LogP contribution in [0.4, 0.5) is 5.69 Å². The van der Waals surface area contributed by atoms with E-state index in [2.05, 4.69) is 5.32 Å². The second kappa shape index (κ2) is 8.81. The number of para-hydroxylation sites is 1. The summed E-state index contributed by atoms with van der Waals surface area (Å²) in [7, 11) is 0. The number of anilines is 1. The van der Waals surface area contributed by atoms with Gasteiger partial charge in [-0.1, -0.05) is 49.4 Å². The molecular weight excluding hydrogens is 358 g/mol. The van der Waals surface area contributed by atoms with E-state index in [9.17, 15) is 14.4 Å². The topological polar surface area (TPSA) is 85.6 Å². The lowest BCUT2D eigenvalue weighted by atomic mass is 10.0. The normalized spacial score (nSPS) is 11.5. The Labute approximate surface area is 162 Å². The molecule has 6 nitrogen and oxygen atoms in total. The Morgan fingerprint density at radius 1 is 0.964 bits per heavy atom. The fourth-order valence-electron chi connectivity index (χ4n) is 2.67. The van der Waals surface area contributed by atoms with Crippen molar-refractivity contribution in [3.8, 4) is 0 Å². The molecule has 142 valence electrons. The molecule has 1 aromatic heterocycles. The number of Topliss-reactive ketones (excluding diaryl/α,β-unsaturated/α-hetero) is 1. The van der Waals surface area contributed by atoms with Crippen molar-refractivity contribution < 1.29 is 23.5 Å². The first kappa shape index (κ1) is 19.1. The fourth-order valence-corrected chi connectivity index (χ4v) is 2.67. The average molecular weight is 377 g/mol. The maximum Gasteiger partial charge on any atom is 0.340 e. The molecule has 3 aromatic rings. The summed E-state index contributed by atoms with van der Waals surface area (Å²) in [6, 6.07) is 18.2. The van der Waals surface area contributed by atoms with Gasteiger partial charge in [-0.25, -0.2) is 4.79 Å². The number of ketones is 1. The van der Waals surface area contributed by atoms with Crippen LogP contribution in [0.1, 0.15) is 44.6 Å². The Morgan fingerprint density at radius 3 is 2.36 bits per heavy atom. The zero-order valence-electron chi connectivity index (χ0n) is 15.3. The van der Waals surface area contributed by atoms with E-state index in [1.807, 2.05) is 6.07 Å². The van der Waals surface area contributed by atoms with Gasteiger partial charge in [0.15, 0.2) is 11.9 Å². The maximum absolute atomic E-state index is 12.7. The smallest absolute Gasteiger partial charge is 0.340 e. The molecule has 0 fully saturated rings. The number of amides is 1. The molecule has 3 rings (SSSR count). The third kappa shape index (κ3) is 4.35. The molecule has 6 heteroatoms. The van der Waals surface area contributed by atoms with E-state index in [0.29, 0.717) is 12.0 Å². The zero-order chi connectivity index (χ0) is 19.9. The molecule has 28 heavy (non-hydrogen) atoms. The molecule has 1 unspecified atom stereocenters. The first-order chi connectivity index (χ1) is 13.6. The van der Waals surface area contributed by atoms with Crippen LogP contribution in [0.3, 0.4) is 0 Å². The van der Waals surface area contributed by atoms with E-state index < -0.39 is 18.0 Å². The molecule has 1 amide bonds. The number of nitrogens with one attached hydrogen (secondary N) is 1. The van der Waals surface area contributed by atoms with Gasteiger partial charge < -0.3 is 14.5 Å². The Kier molecular flexibility index (Phi) is 6.01. The first-order valence-electron chi connectivity index (χ1n) is 8.84. The van der Waals surface area contributed by atoms with E-state index >= 15 is 0 Å². The third-order valence-corrected chi connectivity index (χ3v) is 4.11. The maximum atomic E-state index is 12.7. The largest absolute Gasteiger partial charge is 0.459 e. The van der Waals surface area contributed by atoms with Crippen LogP contribution in [-0.4, -0.2) is 23.8 Å². The Morgan fingerprint density at radius 2 is 1.68 bits per heavy atom. The van der Waals surface area contributed by atoms with Gasteiger partial charge in [0.2, 0.25) is 5.78 Å². The lowest BCUT2D eigenvalue weighted by Gasteiger charge is -2.16. The summed E-state index contributed by atoms with van der Waals surface area (Å²) < 4.78 is 10.5. The van der Waals surface area contributed by atoms with Crippen LogP contribution in [0.25, 0.3) is 0 Å². The van der Waals surface area contributed by atoms with Gasteiger partial charge in [-0.05, 0) is 30.7 Å². The highest BCUT2D eigenvalue weighted by molar-refractivity contribution is 6.07. The molecule has 0 saturated carbocycles. The summed E-state index contributed by atoms with van der Waals surface area (Å²) in [5, 5.41) is 2.63. The number of carbonyl (C=O) groups is 3. The monoisotopic (exact) mass is 377 g/mol. The molecule has 0 aliphatic heterocycles. The van der Waals surface area contributed by atoms with Gasteiger partial charge >= 0.3 is 5.97 Å². The minimum Gasteiger partial charge on any atom is -0.459 e. The Bertz CT molecular complexity index is 964. The second-order valence-electron chi connectivity index (χ2n) is 6.01. The van der Waals surface area contributed by atoms with Gasteiger partial charge in [0.1, 0.15) is 0 Å². The molecule has 1 heterocycles. The standard InChI is InChI=1S/C22H19NO5/c1-2-18(20(24)15-9-4-3-5-10-15)28-22(26)16-11-6-7-12-17(16)23-21(25)19-13-8-14-27-19/h3-14,18H,2H2,1H3,(H,23,25). The number of hydrogen-bond donors (Lipinski definition) is 1. The molecule has 0 aliphatic carbocycles. The highest BCUT2D eigenvalue weighted by atomic mass is 16.5. The second-order valence-corrected chi connectivity index (χ2v) is 6.01. The third-order valence-electron chi connectivity index (χ3n) is 4.11. The SMILES string of the molecule is CCC(OC(=O)c1ccccc1NC(=O)c1ccco1)C(=O)c1ccccc1. The fraction of sp³-hybridized carbons (Fsp3) is 0.136. The minimum absolute atomic E-state index is 0.119. The van der Waals surface area contributed by atoms with Crippen molar-refractivity contribution in [3.63, 3.8) is 0 Å². The molecule has 0 aliphatic rings. The van der Waals surface area contributed by atoms with E-state index in [1.165, 1.54) is 18.4 Å². The number of hydrogen-bond acceptors (Lipinski definition) is 5. The lowest BCUT2D eigenvalue weighted by molar-refractivity contribution is 0.0278. The summed E-state index contributed by atoms with van der Waals surface area (Å²) in [6.07, 6.45) is 0.806. The summed E-state index contributed by atoms with van der Waals surface area (Å²) >= 11 is 0. The molecule has 0 saturated heterocycles. The van der Waals surface area contributed by atoms with Crippen LogP contribution in [0.2, 0.25) is 0 Å². The van der Waals surface area contributed by atoms with Crippen molar-refractivity contribution in [1.82, 2.24) is 0 Å². The average Bonchev–Trinajstić information content (AvgIpc) is 3.27. The molecular formula is C22H19NO5. The van der Waals surface area contributed by atoms with Crippen LogP contribution in [0, 0.1) is 0 Å². The van der Waals surface area contributed by atoms with Crippen LogP contribution in [0.5, 0.6) is 0 Å². The van der Waals surface area contributed by atoms with Crippen molar-refractivity contribution in [1.29, 1.82) is 0 Å². The van der Waals surface area contributed by atoms with Gasteiger partial charge in [0.25, 0.3) is 5.91 Å². The number of ether oxygens (including phenoxy) is 1. The Balaban J connectivity index is 1.76. The number of benzene rings is 2. The van der Waals surface area contributed by atoms with Crippen molar-refractivity contribution in [3.05, 3.63) is 89.9 Å². The molecule has 0 radical (unpaired) electrons. The molecule has 2 aromatic carbocycles. The minimum atomic E-state index is -0.913. The first-order valence-corrected chi connectivity index (χ1v) is 8.84. The van der Waals surface area contributed by atoms with E-state index in [1.54, 1.807) is 55.5 Å². The van der Waals surface area contributed by atoms with Gasteiger partial charge in [-0.15, -0.1) is 0 Å².